The van der Waals surface area contributed by atoms with Gasteiger partial charge in [-0.2, -0.15) is 0 Å². The van der Waals surface area contributed by atoms with Crippen LogP contribution in [-0.2, 0) is 4.79 Å². The number of amides is 1. The van der Waals surface area contributed by atoms with Crippen LogP contribution in [0.2, 0.25) is 0 Å². The van der Waals surface area contributed by atoms with Crippen molar-refractivity contribution in [3.8, 4) is 11.1 Å². The number of hydrogen-bond acceptors (Lipinski definition) is 3. The minimum absolute atomic E-state index is 0.0987. The van der Waals surface area contributed by atoms with E-state index in [0.717, 1.165) is 56.4 Å². The molecule has 2 aromatic rings. The number of nitrogens with zero attached hydrogens (tertiary/aromatic N) is 2. The molecule has 2 aliphatic heterocycles. The Morgan fingerprint density at radius 3 is 2.44 bits per heavy atom. The Bertz CT molecular complexity index is 941. The smallest absolute Gasteiger partial charge is 0.225 e. The van der Waals surface area contributed by atoms with E-state index in [1.54, 1.807) is 12.1 Å². The van der Waals surface area contributed by atoms with Crippen molar-refractivity contribution in [1.82, 2.24) is 9.80 Å². The summed E-state index contributed by atoms with van der Waals surface area (Å²) in [6.07, 6.45) is 6.51. The maximum Gasteiger partial charge on any atom is 0.225 e. The van der Waals surface area contributed by atoms with E-state index in [2.05, 4.69) is 21.9 Å². The maximum atomic E-state index is 13.6. The second-order valence-electron chi connectivity index (χ2n) is 9.69. The van der Waals surface area contributed by atoms with Crippen LogP contribution in [0, 0.1) is 11.7 Å². The van der Waals surface area contributed by atoms with Crippen molar-refractivity contribution in [1.29, 1.82) is 0 Å². The van der Waals surface area contributed by atoms with Crippen molar-refractivity contribution >= 4 is 5.91 Å². The topological polar surface area (TPSA) is 43.8 Å². The van der Waals surface area contributed by atoms with Crippen molar-refractivity contribution in [2.45, 2.75) is 56.5 Å². The predicted octanol–water partition coefficient (Wildman–Crippen LogP) is 4.43. The monoisotopic (exact) mass is 436 g/mol. The molecule has 3 fully saturated rings. The van der Waals surface area contributed by atoms with Crippen LogP contribution in [-0.4, -0.2) is 59.1 Å². The number of benzene rings is 2. The molecule has 5 heteroatoms. The minimum atomic E-state index is -0.233. The van der Waals surface area contributed by atoms with Crippen LogP contribution in [0.5, 0.6) is 0 Å². The highest BCUT2D eigenvalue weighted by atomic mass is 19.1. The summed E-state index contributed by atoms with van der Waals surface area (Å²) in [5.41, 5.74) is 3.05. The lowest BCUT2D eigenvalue weighted by atomic mass is 9.74. The van der Waals surface area contributed by atoms with Gasteiger partial charge in [0.1, 0.15) is 5.82 Å². The lowest BCUT2D eigenvalue weighted by Gasteiger charge is -2.57. The van der Waals surface area contributed by atoms with Gasteiger partial charge in [0.05, 0.1) is 6.61 Å². The molecular formula is C27H33FN2O2. The van der Waals surface area contributed by atoms with E-state index in [1.807, 2.05) is 18.2 Å². The predicted molar refractivity (Wildman–Crippen MR) is 124 cm³/mol. The number of aliphatic hydroxyl groups excluding tert-OH is 1. The largest absolute Gasteiger partial charge is 0.395 e. The van der Waals surface area contributed by atoms with Crippen LogP contribution in [0.4, 0.5) is 4.39 Å². The first-order valence-corrected chi connectivity index (χ1v) is 12.2. The summed E-state index contributed by atoms with van der Waals surface area (Å²) in [5, 5.41) is 10.2. The molecule has 0 spiro atoms. The summed E-state index contributed by atoms with van der Waals surface area (Å²) in [7, 11) is 0. The van der Waals surface area contributed by atoms with Gasteiger partial charge in [-0.25, -0.2) is 4.39 Å². The van der Waals surface area contributed by atoms with Crippen LogP contribution < -0.4 is 0 Å². The normalized spacial score (nSPS) is 26.8. The standard InChI is InChI=1S/C27H33FN2O2/c28-23-9-5-8-22(16-23)19-10-12-20(13-11-19)26-24-17-29(27(32)21-6-1-2-7-21)14-3-4-15-30(24)25(26)18-31/h5,8-13,16,21,24-26,31H,1-4,6-7,14-15,17-18H2/t24-,25+,26-/m1/s1. The molecule has 0 radical (unpaired) electrons. The van der Waals surface area contributed by atoms with Gasteiger partial charge in [0.15, 0.2) is 0 Å². The van der Waals surface area contributed by atoms with E-state index in [1.165, 1.54) is 24.5 Å². The molecule has 170 valence electrons. The summed E-state index contributed by atoms with van der Waals surface area (Å²) in [6.45, 7) is 2.72. The summed E-state index contributed by atoms with van der Waals surface area (Å²) in [5.74, 6) is 0.527. The van der Waals surface area contributed by atoms with Gasteiger partial charge in [0, 0.05) is 37.0 Å². The second-order valence-corrected chi connectivity index (χ2v) is 9.69. The van der Waals surface area contributed by atoms with Crippen LogP contribution in [0.25, 0.3) is 11.1 Å². The Kier molecular flexibility index (Phi) is 6.29. The van der Waals surface area contributed by atoms with Gasteiger partial charge in [-0.3, -0.25) is 9.69 Å². The van der Waals surface area contributed by atoms with Gasteiger partial charge < -0.3 is 10.0 Å². The summed E-state index contributed by atoms with van der Waals surface area (Å²) in [6, 6.07) is 15.3. The highest BCUT2D eigenvalue weighted by Gasteiger charge is 2.49. The molecule has 2 aromatic carbocycles. The third-order valence-corrected chi connectivity index (χ3v) is 7.84. The van der Waals surface area contributed by atoms with E-state index < -0.39 is 0 Å². The third-order valence-electron chi connectivity index (χ3n) is 7.84. The molecule has 0 bridgehead atoms. The van der Waals surface area contributed by atoms with Gasteiger partial charge in [0.2, 0.25) is 5.91 Å². The number of carbonyl (C=O) groups is 1. The molecule has 5 rings (SSSR count). The second kappa shape index (κ2) is 9.32. The molecule has 3 aliphatic rings. The zero-order valence-electron chi connectivity index (χ0n) is 18.6. The Hall–Kier alpha value is -2.24. The fraction of sp³-hybridized carbons (Fsp3) is 0.519. The molecule has 2 saturated heterocycles. The van der Waals surface area contributed by atoms with Crippen molar-refractivity contribution in [3.05, 3.63) is 59.9 Å². The Morgan fingerprint density at radius 1 is 0.969 bits per heavy atom. The molecule has 1 N–H and O–H groups in total. The number of fused-ring (bicyclic) bond motifs is 1. The summed E-state index contributed by atoms with van der Waals surface area (Å²) < 4.78 is 13.6. The van der Waals surface area contributed by atoms with E-state index in [9.17, 15) is 14.3 Å². The van der Waals surface area contributed by atoms with Crippen molar-refractivity contribution in [2.24, 2.45) is 5.92 Å². The SMILES string of the molecule is O=C(C1CCCC1)N1CCCCN2[C@H](C1)[C@@H](c1ccc(-c3cccc(F)c3)cc1)[C@@H]2CO. The fourth-order valence-electron chi connectivity index (χ4n) is 6.14. The fourth-order valence-corrected chi connectivity index (χ4v) is 6.14. The van der Waals surface area contributed by atoms with E-state index in [-0.39, 0.29) is 36.3 Å². The van der Waals surface area contributed by atoms with Crippen LogP contribution >= 0.6 is 0 Å². The lowest BCUT2D eigenvalue weighted by molar-refractivity contribution is -0.140. The molecule has 3 atom stereocenters. The third kappa shape index (κ3) is 4.08. The van der Waals surface area contributed by atoms with Crippen LogP contribution in [0.15, 0.2) is 48.5 Å². The number of rotatable bonds is 4. The van der Waals surface area contributed by atoms with Gasteiger partial charge in [-0.05, 0) is 61.1 Å². The van der Waals surface area contributed by atoms with Gasteiger partial charge in [-0.15, -0.1) is 0 Å². The highest BCUT2D eigenvalue weighted by molar-refractivity contribution is 5.79. The zero-order chi connectivity index (χ0) is 22.1. The quantitative estimate of drug-likeness (QED) is 0.771. The Morgan fingerprint density at radius 2 is 1.72 bits per heavy atom. The van der Waals surface area contributed by atoms with E-state index in [0.29, 0.717) is 5.91 Å². The number of hydrogen-bond donors (Lipinski definition) is 1. The average molecular weight is 437 g/mol. The van der Waals surface area contributed by atoms with E-state index >= 15 is 0 Å². The molecule has 2 heterocycles. The number of carbonyl (C=O) groups excluding carboxylic acids is 1. The molecule has 1 saturated carbocycles. The van der Waals surface area contributed by atoms with Crippen molar-refractivity contribution in [3.63, 3.8) is 0 Å². The molecule has 4 nitrogen and oxygen atoms in total. The maximum absolute atomic E-state index is 13.6. The van der Waals surface area contributed by atoms with Crippen LogP contribution in [0.3, 0.4) is 0 Å². The van der Waals surface area contributed by atoms with Crippen LogP contribution in [0.1, 0.15) is 50.0 Å². The van der Waals surface area contributed by atoms with Crippen molar-refractivity contribution in [2.75, 3.05) is 26.2 Å². The highest BCUT2D eigenvalue weighted by Crippen LogP contribution is 2.42. The Balaban J connectivity index is 1.37. The summed E-state index contributed by atoms with van der Waals surface area (Å²) in [4.78, 5) is 17.7. The molecule has 32 heavy (non-hydrogen) atoms. The lowest BCUT2D eigenvalue weighted by Crippen LogP contribution is -2.68. The van der Waals surface area contributed by atoms with E-state index in [4.69, 9.17) is 0 Å². The van der Waals surface area contributed by atoms with Gasteiger partial charge in [0.25, 0.3) is 0 Å². The number of aliphatic hydroxyl groups is 1. The van der Waals surface area contributed by atoms with Gasteiger partial charge in [-0.1, -0.05) is 49.2 Å². The average Bonchev–Trinajstić information content (AvgIpc) is 3.33. The molecule has 0 unspecified atom stereocenters. The van der Waals surface area contributed by atoms with Gasteiger partial charge >= 0.3 is 0 Å². The molecule has 0 aromatic heterocycles. The molecule has 1 aliphatic carbocycles. The minimum Gasteiger partial charge on any atom is -0.395 e. The van der Waals surface area contributed by atoms with Crippen molar-refractivity contribution < 1.29 is 14.3 Å². The first-order valence-electron chi connectivity index (χ1n) is 12.2. The first kappa shape index (κ1) is 21.6. The zero-order valence-corrected chi connectivity index (χ0v) is 18.6. The first-order chi connectivity index (χ1) is 15.7. The molecule has 1 amide bonds. The molecular weight excluding hydrogens is 403 g/mol. The summed E-state index contributed by atoms with van der Waals surface area (Å²) >= 11 is 0. The Labute approximate surface area is 190 Å². The number of halogens is 1.